The van der Waals surface area contributed by atoms with Gasteiger partial charge in [0.25, 0.3) is 0 Å². The van der Waals surface area contributed by atoms with Gasteiger partial charge in [-0.15, -0.1) is 5.10 Å². The normalized spacial score (nSPS) is 9.95. The topological polar surface area (TPSA) is 78.3 Å². The second kappa shape index (κ2) is 5.80. The third kappa shape index (κ3) is 2.37. The monoisotopic (exact) mass is 349 g/mol. The number of fused-ring (bicyclic) bond motifs is 1. The zero-order chi connectivity index (χ0) is 15.5. The Hall–Kier alpha value is -2.96. The number of nitriles is 2. The Balaban J connectivity index is 2.36. The molecule has 0 atom stereocenters. The number of para-hydroxylation sites is 1. The summed E-state index contributed by atoms with van der Waals surface area (Å²) in [6.07, 6.45) is 0. The number of halogens is 1. The maximum atomic E-state index is 9.29. The van der Waals surface area contributed by atoms with Gasteiger partial charge in [0.15, 0.2) is 5.57 Å². The quantitative estimate of drug-likeness (QED) is 0.663. The zero-order valence-corrected chi connectivity index (χ0v) is 12.8. The summed E-state index contributed by atoms with van der Waals surface area (Å²) in [7, 11) is 0. The average Bonchev–Trinajstić information content (AvgIpc) is 2.96. The Kier molecular flexibility index (Phi) is 3.69. The minimum Gasteiger partial charge on any atom is -0.210 e. The van der Waals surface area contributed by atoms with Gasteiger partial charge in [0.1, 0.15) is 23.4 Å². The Morgan fingerprint density at radius 1 is 1.05 bits per heavy atom. The van der Waals surface area contributed by atoms with Crippen LogP contribution in [0.25, 0.3) is 16.7 Å². The first-order chi connectivity index (χ1) is 10.7. The van der Waals surface area contributed by atoms with Gasteiger partial charge >= 0.3 is 0 Å². The van der Waals surface area contributed by atoms with Crippen molar-refractivity contribution in [3.05, 3.63) is 64.1 Å². The van der Waals surface area contributed by atoms with Crippen LogP contribution in [0.1, 0.15) is 5.56 Å². The van der Waals surface area contributed by atoms with Crippen LogP contribution in [-0.2, 0) is 0 Å². The number of benzene rings is 2. The SMILES string of the molecule is N#CC(C#N)=C(c1cccc(Br)c1)n1nnc2ccccc21. The van der Waals surface area contributed by atoms with Crippen molar-refractivity contribution in [2.24, 2.45) is 0 Å². The van der Waals surface area contributed by atoms with E-state index in [9.17, 15) is 10.5 Å². The van der Waals surface area contributed by atoms with Crippen molar-refractivity contribution in [3.63, 3.8) is 0 Å². The molecular weight excluding hydrogens is 342 g/mol. The Labute approximate surface area is 134 Å². The van der Waals surface area contributed by atoms with E-state index in [1.54, 1.807) is 0 Å². The summed E-state index contributed by atoms with van der Waals surface area (Å²) in [5, 5.41) is 26.8. The number of rotatable bonds is 2. The smallest absolute Gasteiger partial charge is 0.155 e. The van der Waals surface area contributed by atoms with Crippen LogP contribution in [0, 0.1) is 22.7 Å². The van der Waals surface area contributed by atoms with Crippen LogP contribution >= 0.6 is 15.9 Å². The van der Waals surface area contributed by atoms with Gasteiger partial charge in [-0.05, 0) is 24.3 Å². The van der Waals surface area contributed by atoms with E-state index in [2.05, 4.69) is 26.2 Å². The van der Waals surface area contributed by atoms with Gasteiger partial charge < -0.3 is 0 Å². The number of nitrogens with zero attached hydrogens (tertiary/aromatic N) is 5. The first-order valence-electron chi connectivity index (χ1n) is 6.36. The molecule has 0 saturated heterocycles. The van der Waals surface area contributed by atoms with E-state index < -0.39 is 0 Å². The van der Waals surface area contributed by atoms with Crippen LogP contribution in [0.2, 0.25) is 0 Å². The number of hydrogen-bond donors (Lipinski definition) is 0. The molecule has 1 aromatic heterocycles. The molecule has 0 bridgehead atoms. The average molecular weight is 350 g/mol. The number of hydrogen-bond acceptors (Lipinski definition) is 4. The molecule has 0 radical (unpaired) electrons. The molecule has 0 spiro atoms. The molecule has 6 heteroatoms. The lowest BCUT2D eigenvalue weighted by molar-refractivity contribution is 0.839. The molecule has 0 amide bonds. The van der Waals surface area contributed by atoms with Crippen molar-refractivity contribution in [1.82, 2.24) is 15.0 Å². The molecule has 0 aliphatic heterocycles. The molecule has 3 aromatic rings. The molecule has 0 aliphatic rings. The third-order valence-electron chi connectivity index (χ3n) is 3.12. The van der Waals surface area contributed by atoms with E-state index in [1.807, 2.05) is 60.7 Å². The van der Waals surface area contributed by atoms with Gasteiger partial charge in [-0.2, -0.15) is 10.5 Å². The molecule has 0 saturated carbocycles. The van der Waals surface area contributed by atoms with Gasteiger partial charge in [-0.25, -0.2) is 4.68 Å². The van der Waals surface area contributed by atoms with Crippen molar-refractivity contribution >= 4 is 32.7 Å². The molecule has 104 valence electrons. The summed E-state index contributed by atoms with van der Waals surface area (Å²) in [6, 6.07) is 18.6. The lowest BCUT2D eigenvalue weighted by Crippen LogP contribution is -2.04. The van der Waals surface area contributed by atoms with Crippen LogP contribution in [0.4, 0.5) is 0 Å². The molecule has 0 N–H and O–H groups in total. The van der Waals surface area contributed by atoms with Crippen LogP contribution in [0.3, 0.4) is 0 Å². The lowest BCUT2D eigenvalue weighted by Gasteiger charge is -2.09. The molecule has 0 unspecified atom stereocenters. The van der Waals surface area contributed by atoms with E-state index in [1.165, 1.54) is 4.68 Å². The predicted octanol–water partition coefficient (Wildman–Crippen LogP) is 3.50. The molecule has 5 nitrogen and oxygen atoms in total. The standard InChI is InChI=1S/C16H8BrN5/c17-13-5-3-4-11(8-13)16(12(9-18)10-19)22-15-7-2-1-6-14(15)20-21-22/h1-8H. The summed E-state index contributed by atoms with van der Waals surface area (Å²) < 4.78 is 2.38. The number of allylic oxidation sites excluding steroid dienone is 1. The second-order valence-electron chi connectivity index (χ2n) is 4.45. The Bertz CT molecular complexity index is 956. The molecule has 1 heterocycles. The minimum atomic E-state index is -0.0197. The Morgan fingerprint density at radius 3 is 2.55 bits per heavy atom. The first kappa shape index (κ1) is 14.0. The van der Waals surface area contributed by atoms with E-state index in [-0.39, 0.29) is 5.57 Å². The fourth-order valence-corrected chi connectivity index (χ4v) is 2.57. The van der Waals surface area contributed by atoms with Gasteiger partial charge in [0, 0.05) is 10.0 Å². The largest absolute Gasteiger partial charge is 0.210 e. The summed E-state index contributed by atoms with van der Waals surface area (Å²) in [5.74, 6) is 0. The highest BCUT2D eigenvalue weighted by Crippen LogP contribution is 2.26. The van der Waals surface area contributed by atoms with Crippen LogP contribution < -0.4 is 0 Å². The lowest BCUT2D eigenvalue weighted by atomic mass is 10.1. The van der Waals surface area contributed by atoms with Crippen LogP contribution in [0.5, 0.6) is 0 Å². The number of aromatic nitrogens is 3. The van der Waals surface area contributed by atoms with Crippen molar-refractivity contribution < 1.29 is 0 Å². The maximum Gasteiger partial charge on any atom is 0.155 e. The first-order valence-corrected chi connectivity index (χ1v) is 7.15. The summed E-state index contributed by atoms with van der Waals surface area (Å²) in [6.45, 7) is 0. The highest BCUT2D eigenvalue weighted by molar-refractivity contribution is 9.10. The van der Waals surface area contributed by atoms with E-state index in [4.69, 9.17) is 0 Å². The molecule has 0 aliphatic carbocycles. The van der Waals surface area contributed by atoms with Gasteiger partial charge in [-0.3, -0.25) is 0 Å². The van der Waals surface area contributed by atoms with Gasteiger partial charge in [0.2, 0.25) is 0 Å². The highest BCUT2D eigenvalue weighted by Gasteiger charge is 2.16. The van der Waals surface area contributed by atoms with E-state index in [0.717, 1.165) is 9.99 Å². The maximum absolute atomic E-state index is 9.29. The molecule has 2 aromatic carbocycles. The molecule has 22 heavy (non-hydrogen) atoms. The van der Waals surface area contributed by atoms with Crippen LogP contribution in [0.15, 0.2) is 58.6 Å². The molecular formula is C16H8BrN5. The molecule has 0 fully saturated rings. The van der Waals surface area contributed by atoms with Crippen molar-refractivity contribution in [1.29, 1.82) is 10.5 Å². The highest BCUT2D eigenvalue weighted by atomic mass is 79.9. The third-order valence-corrected chi connectivity index (χ3v) is 3.62. The van der Waals surface area contributed by atoms with Crippen molar-refractivity contribution in [2.75, 3.05) is 0 Å². The Morgan fingerprint density at radius 2 is 1.82 bits per heavy atom. The van der Waals surface area contributed by atoms with E-state index >= 15 is 0 Å². The van der Waals surface area contributed by atoms with Crippen molar-refractivity contribution in [3.8, 4) is 12.1 Å². The summed E-state index contributed by atoms with van der Waals surface area (Å²) in [5.41, 5.74) is 2.54. The summed E-state index contributed by atoms with van der Waals surface area (Å²) >= 11 is 3.40. The minimum absolute atomic E-state index is 0.0197. The van der Waals surface area contributed by atoms with Gasteiger partial charge in [0.05, 0.1) is 5.52 Å². The van der Waals surface area contributed by atoms with Gasteiger partial charge in [-0.1, -0.05) is 45.4 Å². The fourth-order valence-electron chi connectivity index (χ4n) is 2.17. The second-order valence-corrected chi connectivity index (χ2v) is 5.36. The van der Waals surface area contributed by atoms with Crippen LogP contribution in [-0.4, -0.2) is 15.0 Å². The molecule has 3 rings (SSSR count). The fraction of sp³-hybridized carbons (Fsp3) is 0. The summed E-state index contributed by atoms with van der Waals surface area (Å²) in [4.78, 5) is 0. The zero-order valence-electron chi connectivity index (χ0n) is 11.2. The van der Waals surface area contributed by atoms with Crippen molar-refractivity contribution in [2.45, 2.75) is 0 Å². The van der Waals surface area contributed by atoms with E-state index in [0.29, 0.717) is 16.8 Å². The predicted molar refractivity (Wildman–Crippen MR) is 85.2 cm³/mol.